The topological polar surface area (TPSA) is 105 Å². The number of carbonyl (C=O) groups excluding carboxylic acids is 1. The zero-order valence-electron chi connectivity index (χ0n) is 14.0. The molecule has 2 heterocycles. The average molecular weight is 318 g/mol. The second kappa shape index (κ2) is 6.23. The van der Waals surface area contributed by atoms with Crippen LogP contribution >= 0.6 is 0 Å². The Hall–Kier alpha value is -2.64. The van der Waals surface area contributed by atoms with Gasteiger partial charge >= 0.3 is 6.03 Å². The molecule has 0 aromatic carbocycles. The third-order valence-corrected chi connectivity index (χ3v) is 2.91. The van der Waals surface area contributed by atoms with Gasteiger partial charge in [-0.2, -0.15) is 9.78 Å². The Labute approximate surface area is 134 Å². The second-order valence-electron chi connectivity index (χ2n) is 6.33. The number of nitrogens with zero attached hydrogens (tertiary/aromatic N) is 3. The van der Waals surface area contributed by atoms with Gasteiger partial charge in [-0.25, -0.2) is 9.78 Å². The van der Waals surface area contributed by atoms with E-state index in [2.05, 4.69) is 25.7 Å². The van der Waals surface area contributed by atoms with Crippen LogP contribution in [0, 0.1) is 6.92 Å². The van der Waals surface area contributed by atoms with Crippen LogP contribution in [0.3, 0.4) is 0 Å². The largest absolute Gasteiger partial charge is 0.333 e. The summed E-state index contributed by atoms with van der Waals surface area (Å²) < 4.78 is 1.41. The number of H-pyrrole nitrogens is 1. The van der Waals surface area contributed by atoms with Crippen LogP contribution in [0.2, 0.25) is 0 Å². The molecule has 2 amide bonds. The number of amides is 2. The first-order valence-electron chi connectivity index (χ1n) is 7.44. The molecular weight excluding hydrogens is 296 g/mol. The van der Waals surface area contributed by atoms with Crippen LogP contribution in [0.25, 0.3) is 5.95 Å². The van der Waals surface area contributed by atoms with E-state index in [1.807, 2.05) is 27.7 Å². The Balaban J connectivity index is 2.36. The highest BCUT2D eigenvalue weighted by Crippen LogP contribution is 2.14. The molecule has 23 heavy (non-hydrogen) atoms. The minimum Gasteiger partial charge on any atom is -0.333 e. The fourth-order valence-electron chi connectivity index (χ4n) is 2.01. The second-order valence-corrected chi connectivity index (χ2v) is 6.33. The normalized spacial score (nSPS) is 11.3. The van der Waals surface area contributed by atoms with Crippen molar-refractivity contribution in [1.29, 1.82) is 0 Å². The van der Waals surface area contributed by atoms with Gasteiger partial charge in [-0.05, 0) is 34.1 Å². The molecule has 8 nitrogen and oxygen atoms in total. The van der Waals surface area contributed by atoms with E-state index >= 15 is 0 Å². The summed E-state index contributed by atoms with van der Waals surface area (Å²) in [4.78, 5) is 30.8. The highest BCUT2D eigenvalue weighted by Gasteiger charge is 2.17. The van der Waals surface area contributed by atoms with Crippen molar-refractivity contribution in [2.45, 2.75) is 46.6 Å². The number of nitrogens with one attached hydrogen (secondary N) is 3. The quantitative estimate of drug-likeness (QED) is 0.801. The van der Waals surface area contributed by atoms with Crippen LogP contribution in [0.4, 0.5) is 10.6 Å². The van der Waals surface area contributed by atoms with Crippen molar-refractivity contribution in [2.75, 3.05) is 5.32 Å². The average Bonchev–Trinajstić information content (AvgIpc) is 2.76. The predicted octanol–water partition coefficient (Wildman–Crippen LogP) is 1.75. The first-order chi connectivity index (χ1) is 10.7. The first-order valence-corrected chi connectivity index (χ1v) is 7.44. The molecule has 0 bridgehead atoms. The Morgan fingerprint density at radius 3 is 2.65 bits per heavy atom. The van der Waals surface area contributed by atoms with Crippen molar-refractivity contribution >= 4 is 11.8 Å². The van der Waals surface area contributed by atoms with Gasteiger partial charge in [0.1, 0.15) is 5.82 Å². The highest BCUT2D eigenvalue weighted by molar-refractivity contribution is 5.89. The van der Waals surface area contributed by atoms with E-state index in [4.69, 9.17) is 0 Å². The van der Waals surface area contributed by atoms with Crippen molar-refractivity contribution in [3.05, 3.63) is 33.9 Å². The van der Waals surface area contributed by atoms with Crippen LogP contribution in [0.15, 0.2) is 16.9 Å². The molecule has 2 aromatic heterocycles. The molecule has 0 aliphatic carbocycles. The summed E-state index contributed by atoms with van der Waals surface area (Å²) in [5, 5.41) is 9.83. The lowest BCUT2D eigenvalue weighted by Gasteiger charge is -2.20. The molecule has 0 aliphatic heterocycles. The number of hydrogen-bond donors (Lipinski definition) is 3. The number of carbonyl (C=O) groups is 1. The molecule has 2 aromatic rings. The van der Waals surface area contributed by atoms with E-state index in [9.17, 15) is 9.59 Å². The number of rotatable bonds is 3. The van der Waals surface area contributed by atoms with Crippen LogP contribution < -0.4 is 16.2 Å². The summed E-state index contributed by atoms with van der Waals surface area (Å²) in [7, 11) is 0. The maximum absolute atomic E-state index is 12.1. The number of urea groups is 1. The van der Waals surface area contributed by atoms with Gasteiger partial charge in [-0.15, -0.1) is 0 Å². The lowest BCUT2D eigenvalue weighted by atomic mass is 10.1. The zero-order chi connectivity index (χ0) is 17.2. The molecule has 124 valence electrons. The van der Waals surface area contributed by atoms with Gasteiger partial charge < -0.3 is 5.32 Å². The third-order valence-electron chi connectivity index (χ3n) is 2.91. The summed E-state index contributed by atoms with van der Waals surface area (Å²) >= 11 is 0. The molecule has 0 atom stereocenters. The number of aromatic nitrogens is 4. The van der Waals surface area contributed by atoms with Gasteiger partial charge in [0, 0.05) is 23.4 Å². The van der Waals surface area contributed by atoms with E-state index in [-0.39, 0.29) is 23.1 Å². The van der Waals surface area contributed by atoms with Crippen LogP contribution in [0.1, 0.15) is 39.1 Å². The minimum atomic E-state index is -0.362. The molecule has 0 aliphatic rings. The van der Waals surface area contributed by atoms with E-state index in [0.717, 1.165) is 0 Å². The number of aryl methyl sites for hydroxylation is 2. The molecule has 0 unspecified atom stereocenters. The summed E-state index contributed by atoms with van der Waals surface area (Å²) in [6.45, 7) is 9.37. The highest BCUT2D eigenvalue weighted by atomic mass is 16.2. The van der Waals surface area contributed by atoms with Crippen LogP contribution in [0.5, 0.6) is 0 Å². The van der Waals surface area contributed by atoms with Crippen molar-refractivity contribution < 1.29 is 4.79 Å². The maximum atomic E-state index is 12.1. The Morgan fingerprint density at radius 2 is 2.04 bits per heavy atom. The maximum Gasteiger partial charge on any atom is 0.320 e. The summed E-state index contributed by atoms with van der Waals surface area (Å²) in [5.41, 5.74) is 0.728. The molecule has 2 rings (SSSR count). The van der Waals surface area contributed by atoms with Crippen molar-refractivity contribution in [1.82, 2.24) is 25.1 Å². The van der Waals surface area contributed by atoms with Gasteiger partial charge in [-0.3, -0.25) is 15.1 Å². The van der Waals surface area contributed by atoms with Crippen molar-refractivity contribution in [2.24, 2.45) is 0 Å². The smallest absolute Gasteiger partial charge is 0.320 e. The molecule has 8 heteroatoms. The number of anilines is 1. The molecule has 0 fully saturated rings. The van der Waals surface area contributed by atoms with Gasteiger partial charge in [0.15, 0.2) is 0 Å². The summed E-state index contributed by atoms with van der Waals surface area (Å²) in [5.74, 6) is 0.703. The van der Waals surface area contributed by atoms with E-state index in [1.165, 1.54) is 10.7 Å². The first kappa shape index (κ1) is 16.7. The van der Waals surface area contributed by atoms with Crippen LogP contribution in [-0.2, 0) is 6.42 Å². The van der Waals surface area contributed by atoms with E-state index in [0.29, 0.717) is 23.6 Å². The predicted molar refractivity (Wildman–Crippen MR) is 88.0 cm³/mol. The lowest BCUT2D eigenvalue weighted by Crippen LogP contribution is -2.43. The van der Waals surface area contributed by atoms with E-state index < -0.39 is 0 Å². The Bertz CT molecular complexity index is 769. The number of aromatic amines is 1. The molecule has 0 saturated carbocycles. The molecule has 0 spiro atoms. The zero-order valence-corrected chi connectivity index (χ0v) is 14.0. The summed E-state index contributed by atoms with van der Waals surface area (Å²) in [6, 6.07) is 2.80. The van der Waals surface area contributed by atoms with E-state index in [1.54, 1.807) is 13.0 Å². The fourth-order valence-corrected chi connectivity index (χ4v) is 2.01. The van der Waals surface area contributed by atoms with Crippen LogP contribution in [-0.4, -0.2) is 31.3 Å². The lowest BCUT2D eigenvalue weighted by molar-refractivity contribution is 0.243. The van der Waals surface area contributed by atoms with Crippen molar-refractivity contribution in [3.63, 3.8) is 0 Å². The standard InChI is InChI=1S/C15H22N6O2/c1-6-10-8-12(22)18-13(16-10)21-11(7-9(2)20-21)17-14(23)19-15(3,4)5/h7-8H,6H2,1-5H3,(H,16,18,22)(H2,17,19,23). The van der Waals surface area contributed by atoms with Gasteiger partial charge in [0.2, 0.25) is 5.95 Å². The summed E-state index contributed by atoms with van der Waals surface area (Å²) in [6.07, 6.45) is 0.629. The molecule has 0 saturated heterocycles. The third kappa shape index (κ3) is 4.41. The minimum absolute atomic E-state index is 0.259. The van der Waals surface area contributed by atoms with Gasteiger partial charge in [0.05, 0.1) is 5.69 Å². The van der Waals surface area contributed by atoms with Gasteiger partial charge in [-0.1, -0.05) is 6.92 Å². The van der Waals surface area contributed by atoms with Gasteiger partial charge in [0.25, 0.3) is 5.56 Å². The fraction of sp³-hybridized carbons (Fsp3) is 0.467. The molecule has 3 N–H and O–H groups in total. The van der Waals surface area contributed by atoms with Crippen molar-refractivity contribution in [3.8, 4) is 5.95 Å². The monoisotopic (exact) mass is 318 g/mol. The Morgan fingerprint density at radius 1 is 1.35 bits per heavy atom. The SMILES string of the molecule is CCc1cc(=O)[nH]c(-n2nc(C)cc2NC(=O)NC(C)(C)C)n1. The molecular formula is C15H22N6O2. The number of hydrogen-bond acceptors (Lipinski definition) is 4. The Kier molecular flexibility index (Phi) is 4.53. The molecule has 0 radical (unpaired) electrons.